The number of benzene rings is 2. The molecule has 0 unspecified atom stereocenters. The highest BCUT2D eigenvalue weighted by Gasteiger charge is 2.34. The van der Waals surface area contributed by atoms with Crippen LogP contribution in [0.3, 0.4) is 0 Å². The van der Waals surface area contributed by atoms with Gasteiger partial charge in [-0.15, -0.1) is 11.3 Å². The van der Waals surface area contributed by atoms with Gasteiger partial charge in [0.15, 0.2) is 0 Å². The first-order chi connectivity index (χ1) is 16.1. The molecular formula is C21H16BrFN4O5S2. The van der Waals surface area contributed by atoms with Gasteiger partial charge in [0.05, 0.1) is 12.1 Å². The minimum atomic E-state index is -4.07. The molecule has 0 radical (unpaired) electrons. The number of carbonyl (C=O) groups is 3. The minimum Gasteiger partial charge on any atom is -0.387 e. The molecule has 176 valence electrons. The highest BCUT2D eigenvalue weighted by molar-refractivity contribution is 9.10. The van der Waals surface area contributed by atoms with Crippen LogP contribution >= 0.6 is 27.3 Å². The summed E-state index contributed by atoms with van der Waals surface area (Å²) in [5.41, 5.74) is 1.12. The van der Waals surface area contributed by atoms with Crippen molar-refractivity contribution in [1.29, 1.82) is 0 Å². The van der Waals surface area contributed by atoms with Gasteiger partial charge >= 0.3 is 6.03 Å². The lowest BCUT2D eigenvalue weighted by Gasteiger charge is -2.28. The number of halogens is 2. The average molecular weight is 567 g/mol. The third-order valence-corrected chi connectivity index (χ3v) is 8.30. The van der Waals surface area contributed by atoms with E-state index in [4.69, 9.17) is 0 Å². The molecule has 4 amide bonds. The number of anilines is 3. The topological polar surface area (TPSA) is 125 Å². The summed E-state index contributed by atoms with van der Waals surface area (Å²) in [5.74, 6) is -2.25. The van der Waals surface area contributed by atoms with E-state index in [2.05, 4.69) is 26.6 Å². The molecule has 3 aromatic rings. The van der Waals surface area contributed by atoms with Crippen LogP contribution < -0.4 is 20.3 Å². The third kappa shape index (κ3) is 4.54. The fourth-order valence-electron chi connectivity index (χ4n) is 3.39. The fraction of sp³-hybridized carbons (Fsp3) is 0.0952. The lowest BCUT2D eigenvalue weighted by Crippen LogP contribution is -2.43. The molecule has 9 nitrogen and oxygen atoms in total. The van der Waals surface area contributed by atoms with Gasteiger partial charge in [0.2, 0.25) is 5.91 Å². The van der Waals surface area contributed by atoms with Gasteiger partial charge in [-0.05, 0) is 63.3 Å². The van der Waals surface area contributed by atoms with Crippen molar-refractivity contribution in [2.45, 2.75) is 10.6 Å². The molecule has 2 aromatic carbocycles. The lowest BCUT2D eigenvalue weighted by molar-refractivity contribution is -0.117. The van der Waals surface area contributed by atoms with Crippen molar-refractivity contribution in [3.8, 4) is 0 Å². The molecule has 1 aromatic heterocycles. The molecule has 0 atom stereocenters. The zero-order valence-electron chi connectivity index (χ0n) is 17.4. The van der Waals surface area contributed by atoms with Gasteiger partial charge in [0.1, 0.15) is 10.0 Å². The number of nitrogens with zero attached hydrogens (tertiary/aromatic N) is 1. The second-order valence-electron chi connectivity index (χ2n) is 7.11. The second kappa shape index (κ2) is 9.16. The number of thiophene rings is 1. The van der Waals surface area contributed by atoms with Crippen LogP contribution in [-0.4, -0.2) is 33.3 Å². The maximum absolute atomic E-state index is 14.9. The highest BCUT2D eigenvalue weighted by atomic mass is 79.9. The summed E-state index contributed by atoms with van der Waals surface area (Å²) in [4.78, 5) is 38.6. The van der Waals surface area contributed by atoms with E-state index in [-0.39, 0.29) is 27.6 Å². The predicted molar refractivity (Wildman–Crippen MR) is 129 cm³/mol. The number of hydrogen-bond donors (Lipinski definition) is 3. The molecule has 0 saturated carbocycles. The number of amides is 4. The number of rotatable bonds is 5. The van der Waals surface area contributed by atoms with Gasteiger partial charge in [0, 0.05) is 28.5 Å². The Bertz CT molecular complexity index is 1430. The molecule has 0 bridgehead atoms. The van der Waals surface area contributed by atoms with E-state index in [0.717, 1.165) is 28.4 Å². The molecule has 2 heterocycles. The van der Waals surface area contributed by atoms with Crippen LogP contribution in [0.4, 0.5) is 26.2 Å². The van der Waals surface area contributed by atoms with Crippen LogP contribution in [0.2, 0.25) is 0 Å². The molecule has 34 heavy (non-hydrogen) atoms. The van der Waals surface area contributed by atoms with Crippen molar-refractivity contribution in [1.82, 2.24) is 4.72 Å². The van der Waals surface area contributed by atoms with Gasteiger partial charge in [-0.3, -0.25) is 9.59 Å². The van der Waals surface area contributed by atoms with Gasteiger partial charge < -0.3 is 10.6 Å². The number of hydrogen-bond acceptors (Lipinski definition) is 7. The molecular weight excluding hydrogens is 551 g/mol. The number of imide groups is 1. The van der Waals surface area contributed by atoms with Gasteiger partial charge in [0.25, 0.3) is 15.9 Å². The Balaban J connectivity index is 1.55. The molecule has 0 spiro atoms. The highest BCUT2D eigenvalue weighted by Crippen LogP contribution is 2.33. The van der Waals surface area contributed by atoms with Crippen LogP contribution in [0.1, 0.15) is 15.9 Å². The van der Waals surface area contributed by atoms with Crippen LogP contribution in [0.5, 0.6) is 0 Å². The third-order valence-electron chi connectivity index (χ3n) is 4.92. The van der Waals surface area contributed by atoms with E-state index in [1.165, 1.54) is 18.2 Å². The lowest BCUT2D eigenvalue weighted by atomic mass is 9.97. The normalized spacial score (nSPS) is 13.4. The summed E-state index contributed by atoms with van der Waals surface area (Å²) in [6, 6.07) is 8.31. The summed E-state index contributed by atoms with van der Waals surface area (Å²) < 4.78 is 41.6. The van der Waals surface area contributed by atoms with E-state index in [1.54, 1.807) is 24.6 Å². The van der Waals surface area contributed by atoms with Crippen LogP contribution in [0, 0.1) is 5.82 Å². The van der Waals surface area contributed by atoms with E-state index in [9.17, 15) is 27.2 Å². The maximum Gasteiger partial charge on any atom is 0.333 e. The smallest absolute Gasteiger partial charge is 0.333 e. The standard InChI is InChI=1S/C21H16BrFN4O5S2/c1-24-16-7-11-8-18(28)27(20(29)13(11)10-14(16)22)17-5-4-12(9-15(17)23)25-21(30)26-34(31,32)19-3-2-6-33-19/h2-7,9-10,24H,8H2,1H3,(H2,25,26,30). The Morgan fingerprint density at radius 1 is 1.18 bits per heavy atom. The molecule has 3 N–H and O–H groups in total. The quantitative estimate of drug-likeness (QED) is 0.402. The van der Waals surface area contributed by atoms with Crippen molar-refractivity contribution in [3.05, 3.63) is 69.3 Å². The summed E-state index contributed by atoms with van der Waals surface area (Å²) in [5, 5.41) is 6.72. The van der Waals surface area contributed by atoms with Crippen molar-refractivity contribution in [2.24, 2.45) is 0 Å². The van der Waals surface area contributed by atoms with E-state index in [0.29, 0.717) is 15.7 Å². The predicted octanol–water partition coefficient (Wildman–Crippen LogP) is 3.93. The van der Waals surface area contributed by atoms with Crippen molar-refractivity contribution < 1.29 is 27.2 Å². The van der Waals surface area contributed by atoms with E-state index >= 15 is 0 Å². The fourth-order valence-corrected chi connectivity index (χ4v) is 5.83. The molecule has 13 heteroatoms. The molecule has 1 aliphatic heterocycles. The van der Waals surface area contributed by atoms with Crippen LogP contribution in [-0.2, 0) is 21.2 Å². The number of urea groups is 1. The summed E-state index contributed by atoms with van der Waals surface area (Å²) >= 11 is 4.28. The Morgan fingerprint density at radius 3 is 2.59 bits per heavy atom. The minimum absolute atomic E-state index is 0.0555. The van der Waals surface area contributed by atoms with Gasteiger partial charge in [-0.25, -0.2) is 27.2 Å². The van der Waals surface area contributed by atoms with Crippen molar-refractivity contribution in [3.63, 3.8) is 0 Å². The number of fused-ring (bicyclic) bond motifs is 1. The second-order valence-corrected chi connectivity index (χ2v) is 10.8. The Kier molecular flexibility index (Phi) is 6.43. The van der Waals surface area contributed by atoms with Crippen LogP contribution in [0.25, 0.3) is 0 Å². The molecule has 0 fully saturated rings. The monoisotopic (exact) mass is 566 g/mol. The average Bonchev–Trinajstić information content (AvgIpc) is 3.31. The zero-order chi connectivity index (χ0) is 24.6. The summed E-state index contributed by atoms with van der Waals surface area (Å²) in [6.07, 6.45) is -0.106. The maximum atomic E-state index is 14.9. The largest absolute Gasteiger partial charge is 0.387 e. The first-order valence-electron chi connectivity index (χ1n) is 9.65. The Labute approximate surface area is 206 Å². The van der Waals surface area contributed by atoms with Gasteiger partial charge in [-0.1, -0.05) is 6.07 Å². The van der Waals surface area contributed by atoms with E-state index in [1.807, 2.05) is 4.72 Å². The van der Waals surface area contributed by atoms with E-state index < -0.39 is 33.7 Å². The first kappa shape index (κ1) is 23.9. The Morgan fingerprint density at radius 2 is 1.94 bits per heavy atom. The molecule has 4 rings (SSSR count). The Hall–Kier alpha value is -3.29. The number of sulfonamides is 1. The van der Waals surface area contributed by atoms with Crippen LogP contribution in [0.15, 0.2) is 56.5 Å². The summed E-state index contributed by atoms with van der Waals surface area (Å²) in [7, 11) is -2.36. The SMILES string of the molecule is CNc1cc2c(cc1Br)C(=O)N(c1ccc(NC(=O)NS(=O)(=O)c3cccs3)cc1F)C(=O)C2. The molecule has 0 saturated heterocycles. The molecule has 0 aliphatic carbocycles. The summed E-state index contributed by atoms with van der Waals surface area (Å²) in [6.45, 7) is 0. The number of nitrogens with one attached hydrogen (secondary N) is 3. The number of carbonyl (C=O) groups excluding carboxylic acids is 3. The van der Waals surface area contributed by atoms with Crippen molar-refractivity contribution in [2.75, 3.05) is 22.6 Å². The van der Waals surface area contributed by atoms with Gasteiger partial charge in [-0.2, -0.15) is 0 Å². The first-order valence-corrected chi connectivity index (χ1v) is 12.8. The van der Waals surface area contributed by atoms with Crippen molar-refractivity contribution >= 4 is 72.2 Å². The molecule has 1 aliphatic rings. The zero-order valence-corrected chi connectivity index (χ0v) is 20.6.